The van der Waals surface area contributed by atoms with Crippen LogP contribution in [0.15, 0.2) is 29.4 Å². The third-order valence-electron chi connectivity index (χ3n) is 2.38. The summed E-state index contributed by atoms with van der Waals surface area (Å²) in [5.41, 5.74) is 1.01. The van der Waals surface area contributed by atoms with Gasteiger partial charge in [0, 0.05) is 17.8 Å². The highest BCUT2D eigenvalue weighted by Crippen LogP contribution is 2.30. The maximum absolute atomic E-state index is 9.65. The summed E-state index contributed by atoms with van der Waals surface area (Å²) in [7, 11) is 0. The molecule has 3 rings (SSSR count). The van der Waals surface area contributed by atoms with Gasteiger partial charge in [-0.1, -0.05) is 12.1 Å². The van der Waals surface area contributed by atoms with Gasteiger partial charge in [-0.2, -0.15) is 0 Å². The lowest BCUT2D eigenvalue weighted by Gasteiger charge is -1.94. The summed E-state index contributed by atoms with van der Waals surface area (Å²) in [6.07, 6.45) is 3.82. The Morgan fingerprint density at radius 2 is 2.31 bits per heavy atom. The molecule has 0 spiro atoms. The van der Waals surface area contributed by atoms with Gasteiger partial charge in [0.15, 0.2) is 0 Å². The molecule has 1 aliphatic heterocycles. The third-order valence-corrected chi connectivity index (χ3v) is 2.38. The predicted octanol–water partition coefficient (Wildman–Crippen LogP) is 1.74. The molecule has 0 aliphatic carbocycles. The minimum absolute atomic E-state index is 0.333. The molecule has 1 aromatic carbocycles. The van der Waals surface area contributed by atoms with Crippen molar-refractivity contribution in [3.8, 4) is 5.75 Å². The van der Waals surface area contributed by atoms with Crippen molar-refractivity contribution >= 4 is 17.0 Å². The van der Waals surface area contributed by atoms with Crippen LogP contribution in [0.2, 0.25) is 0 Å². The van der Waals surface area contributed by atoms with Crippen molar-refractivity contribution in [1.29, 1.82) is 0 Å². The summed E-state index contributed by atoms with van der Waals surface area (Å²) in [6, 6.07) is 5.55. The van der Waals surface area contributed by atoms with E-state index in [2.05, 4.69) is 4.99 Å². The van der Waals surface area contributed by atoms with E-state index in [0.717, 1.165) is 16.5 Å². The SMILES string of the molecule is Oc1cccc2cn3c(c12)C=NC3. The average molecular weight is 172 g/mol. The van der Waals surface area contributed by atoms with E-state index >= 15 is 0 Å². The van der Waals surface area contributed by atoms with Crippen LogP contribution in [-0.4, -0.2) is 15.9 Å². The van der Waals surface area contributed by atoms with Gasteiger partial charge >= 0.3 is 0 Å². The van der Waals surface area contributed by atoms with Gasteiger partial charge in [0.25, 0.3) is 0 Å². The van der Waals surface area contributed by atoms with E-state index in [1.54, 1.807) is 6.07 Å². The highest BCUT2D eigenvalue weighted by molar-refractivity contribution is 6.03. The Morgan fingerprint density at radius 1 is 1.38 bits per heavy atom. The van der Waals surface area contributed by atoms with Gasteiger partial charge in [-0.05, 0) is 6.07 Å². The molecule has 0 unspecified atom stereocenters. The molecule has 1 N–H and O–H groups in total. The summed E-state index contributed by atoms with van der Waals surface area (Å²) in [6.45, 7) is 0.670. The van der Waals surface area contributed by atoms with Crippen molar-refractivity contribution in [2.45, 2.75) is 6.67 Å². The lowest BCUT2D eigenvalue weighted by Crippen LogP contribution is -1.89. The summed E-state index contributed by atoms with van der Waals surface area (Å²) < 4.78 is 2.03. The second-order valence-corrected chi connectivity index (χ2v) is 3.18. The summed E-state index contributed by atoms with van der Waals surface area (Å²) in [5, 5.41) is 11.6. The number of aliphatic imine (C=N–C) groups is 1. The van der Waals surface area contributed by atoms with Crippen LogP contribution in [0.25, 0.3) is 10.8 Å². The molecule has 0 saturated carbocycles. The number of hydrogen-bond donors (Lipinski definition) is 1. The van der Waals surface area contributed by atoms with E-state index in [1.807, 2.05) is 29.1 Å². The van der Waals surface area contributed by atoms with E-state index in [9.17, 15) is 5.11 Å². The fraction of sp³-hybridized carbons (Fsp3) is 0.100. The zero-order valence-corrected chi connectivity index (χ0v) is 6.94. The Labute approximate surface area is 74.9 Å². The fourth-order valence-corrected chi connectivity index (χ4v) is 1.80. The molecule has 1 aliphatic rings. The molecule has 0 amide bonds. The highest BCUT2D eigenvalue weighted by atomic mass is 16.3. The molecule has 1 aromatic heterocycles. The lowest BCUT2D eigenvalue weighted by molar-refractivity contribution is 0.481. The standard InChI is InChI=1S/C10H8N2O/c13-9-3-1-2-7-5-12-6-11-4-8(12)10(7)9/h1-5,13H,6H2. The minimum atomic E-state index is 0.333. The molecule has 2 aromatic rings. The first-order valence-corrected chi connectivity index (χ1v) is 4.17. The van der Waals surface area contributed by atoms with Crippen LogP contribution < -0.4 is 0 Å². The van der Waals surface area contributed by atoms with Crippen molar-refractivity contribution in [3.63, 3.8) is 0 Å². The second kappa shape index (κ2) is 2.13. The minimum Gasteiger partial charge on any atom is -0.507 e. The zero-order valence-electron chi connectivity index (χ0n) is 6.94. The molecule has 2 heterocycles. The molecule has 0 saturated heterocycles. The van der Waals surface area contributed by atoms with Crippen LogP contribution in [0.5, 0.6) is 5.75 Å². The molecule has 3 heteroatoms. The van der Waals surface area contributed by atoms with Gasteiger partial charge in [0.05, 0.1) is 11.1 Å². The van der Waals surface area contributed by atoms with Crippen molar-refractivity contribution in [3.05, 3.63) is 30.1 Å². The number of phenols is 1. The van der Waals surface area contributed by atoms with Crippen LogP contribution in [0.3, 0.4) is 0 Å². The largest absolute Gasteiger partial charge is 0.507 e. The van der Waals surface area contributed by atoms with Crippen molar-refractivity contribution in [1.82, 2.24) is 4.57 Å². The van der Waals surface area contributed by atoms with Crippen molar-refractivity contribution in [2.24, 2.45) is 4.99 Å². The van der Waals surface area contributed by atoms with E-state index in [0.29, 0.717) is 12.4 Å². The molecular formula is C10H8N2O. The van der Waals surface area contributed by atoms with Crippen LogP contribution >= 0.6 is 0 Å². The van der Waals surface area contributed by atoms with Gasteiger partial charge in [-0.3, -0.25) is 4.99 Å². The summed E-state index contributed by atoms with van der Waals surface area (Å²) in [5.74, 6) is 0.333. The Kier molecular flexibility index (Phi) is 1.10. The number of rotatable bonds is 0. The van der Waals surface area contributed by atoms with Crippen molar-refractivity contribution < 1.29 is 5.11 Å². The zero-order chi connectivity index (χ0) is 8.84. The maximum Gasteiger partial charge on any atom is 0.125 e. The molecule has 0 radical (unpaired) electrons. The van der Waals surface area contributed by atoms with Gasteiger partial charge in [-0.25, -0.2) is 0 Å². The van der Waals surface area contributed by atoms with Gasteiger partial charge in [0.2, 0.25) is 0 Å². The summed E-state index contributed by atoms with van der Waals surface area (Å²) in [4.78, 5) is 4.13. The summed E-state index contributed by atoms with van der Waals surface area (Å²) >= 11 is 0. The predicted molar refractivity (Wildman–Crippen MR) is 51.2 cm³/mol. The Bertz CT molecular complexity index is 511. The first-order chi connectivity index (χ1) is 6.36. The first kappa shape index (κ1) is 6.71. The van der Waals surface area contributed by atoms with Crippen LogP contribution in [-0.2, 0) is 6.67 Å². The molecule has 0 bridgehead atoms. The van der Waals surface area contributed by atoms with Crippen LogP contribution in [0, 0.1) is 0 Å². The molecule has 3 nitrogen and oxygen atoms in total. The second-order valence-electron chi connectivity index (χ2n) is 3.18. The molecule has 0 atom stereocenters. The Morgan fingerprint density at radius 3 is 3.23 bits per heavy atom. The topological polar surface area (TPSA) is 37.5 Å². The van der Waals surface area contributed by atoms with E-state index in [4.69, 9.17) is 0 Å². The van der Waals surface area contributed by atoms with E-state index in [1.165, 1.54) is 0 Å². The highest BCUT2D eigenvalue weighted by Gasteiger charge is 2.13. The smallest absolute Gasteiger partial charge is 0.125 e. The lowest BCUT2D eigenvalue weighted by atomic mass is 10.2. The number of aromatic hydroxyl groups is 1. The van der Waals surface area contributed by atoms with E-state index < -0.39 is 0 Å². The molecular weight excluding hydrogens is 164 g/mol. The van der Waals surface area contributed by atoms with Gasteiger partial charge in [-0.15, -0.1) is 0 Å². The number of hydrogen-bond acceptors (Lipinski definition) is 2. The average Bonchev–Trinajstić information content (AvgIpc) is 2.62. The number of benzene rings is 1. The molecule has 64 valence electrons. The fourth-order valence-electron chi connectivity index (χ4n) is 1.80. The first-order valence-electron chi connectivity index (χ1n) is 4.17. The number of nitrogens with zero attached hydrogens (tertiary/aromatic N) is 2. The van der Waals surface area contributed by atoms with Crippen molar-refractivity contribution in [2.75, 3.05) is 0 Å². The monoisotopic (exact) mass is 172 g/mol. The molecule has 13 heavy (non-hydrogen) atoms. The number of aromatic nitrogens is 1. The number of fused-ring (bicyclic) bond motifs is 3. The Hall–Kier alpha value is -1.77. The number of phenolic OH excluding ortho intramolecular Hbond substituents is 1. The van der Waals surface area contributed by atoms with Gasteiger partial charge < -0.3 is 9.67 Å². The van der Waals surface area contributed by atoms with Crippen LogP contribution in [0.4, 0.5) is 0 Å². The molecule has 0 fully saturated rings. The van der Waals surface area contributed by atoms with Crippen LogP contribution in [0.1, 0.15) is 5.69 Å². The quantitative estimate of drug-likeness (QED) is 0.645. The van der Waals surface area contributed by atoms with Gasteiger partial charge in [0.1, 0.15) is 12.4 Å². The third kappa shape index (κ3) is 0.758. The Balaban J connectivity index is 2.53. The normalized spacial score (nSPS) is 13.8. The van der Waals surface area contributed by atoms with E-state index in [-0.39, 0.29) is 0 Å². The maximum atomic E-state index is 9.65.